The summed E-state index contributed by atoms with van der Waals surface area (Å²) in [5.74, 6) is 1.45. The molecule has 2 heterocycles. The standard InChI is InChI=1S/C31H21Cl2N3O4/c1-38-27-16-22(32)14-21(29(27)39-18-20-9-2-5-11-24(20)33)17-34-36-30(28-15-19-8-3-7-13-26(19)40-28)35-25-12-6-4-10-23(25)31(36)37/h2-17H,18H2,1H3. The number of rotatable bonds is 7. The number of furan rings is 1. The number of para-hydroxylation sites is 2. The highest BCUT2D eigenvalue weighted by Gasteiger charge is 2.18. The van der Waals surface area contributed by atoms with E-state index in [1.54, 1.807) is 36.4 Å². The van der Waals surface area contributed by atoms with Gasteiger partial charge in [-0.3, -0.25) is 4.79 Å². The number of hydrogen-bond donors (Lipinski definition) is 0. The topological polar surface area (TPSA) is 78.9 Å². The number of fused-ring (bicyclic) bond motifs is 2. The molecular weight excluding hydrogens is 549 g/mol. The summed E-state index contributed by atoms with van der Waals surface area (Å²) in [4.78, 5) is 18.4. The zero-order chi connectivity index (χ0) is 27.6. The molecule has 0 atom stereocenters. The van der Waals surface area contributed by atoms with Crippen LogP contribution in [0.1, 0.15) is 11.1 Å². The lowest BCUT2D eigenvalue weighted by Gasteiger charge is -2.15. The summed E-state index contributed by atoms with van der Waals surface area (Å²) in [6.07, 6.45) is 1.49. The van der Waals surface area contributed by atoms with Gasteiger partial charge in [0.25, 0.3) is 5.56 Å². The van der Waals surface area contributed by atoms with Crippen molar-refractivity contribution >= 4 is 51.3 Å². The van der Waals surface area contributed by atoms with E-state index in [0.717, 1.165) is 10.9 Å². The van der Waals surface area contributed by atoms with E-state index >= 15 is 0 Å². The van der Waals surface area contributed by atoms with Gasteiger partial charge < -0.3 is 13.9 Å². The molecule has 0 saturated heterocycles. The molecule has 7 nitrogen and oxygen atoms in total. The number of hydrogen-bond acceptors (Lipinski definition) is 6. The Morgan fingerprint density at radius 2 is 1.75 bits per heavy atom. The summed E-state index contributed by atoms with van der Waals surface area (Å²) in [6, 6.07) is 27.2. The normalized spacial score (nSPS) is 11.5. The number of benzene rings is 4. The molecule has 0 amide bonds. The average Bonchev–Trinajstić information content (AvgIpc) is 3.41. The van der Waals surface area contributed by atoms with Gasteiger partial charge in [0.2, 0.25) is 5.82 Å². The van der Waals surface area contributed by atoms with E-state index in [-0.39, 0.29) is 18.0 Å². The minimum absolute atomic E-state index is 0.181. The molecule has 0 fully saturated rings. The molecule has 0 spiro atoms. The molecule has 4 aromatic carbocycles. The average molecular weight is 570 g/mol. The maximum atomic E-state index is 13.7. The highest BCUT2D eigenvalue weighted by molar-refractivity contribution is 6.31. The predicted molar refractivity (Wildman–Crippen MR) is 158 cm³/mol. The first-order valence-electron chi connectivity index (χ1n) is 12.3. The second-order valence-corrected chi connectivity index (χ2v) is 9.71. The van der Waals surface area contributed by atoms with Crippen LogP contribution < -0.4 is 15.0 Å². The predicted octanol–water partition coefficient (Wildman–Crippen LogP) is 7.59. The fraction of sp³-hybridized carbons (Fsp3) is 0.0645. The van der Waals surface area contributed by atoms with Crippen molar-refractivity contribution in [3.8, 4) is 23.1 Å². The molecule has 6 rings (SSSR count). The van der Waals surface area contributed by atoms with Crippen LogP contribution in [0, 0.1) is 0 Å². The maximum absolute atomic E-state index is 13.7. The Balaban J connectivity index is 1.48. The van der Waals surface area contributed by atoms with E-state index in [0.29, 0.717) is 49.4 Å². The first-order chi connectivity index (χ1) is 19.5. The summed E-state index contributed by atoms with van der Waals surface area (Å²) in [6.45, 7) is 0.181. The minimum atomic E-state index is -0.357. The van der Waals surface area contributed by atoms with Crippen LogP contribution in [0.3, 0.4) is 0 Å². The van der Waals surface area contributed by atoms with Crippen LogP contribution in [0.5, 0.6) is 11.5 Å². The third-order valence-corrected chi connectivity index (χ3v) is 6.90. The molecule has 0 unspecified atom stereocenters. The van der Waals surface area contributed by atoms with E-state index < -0.39 is 0 Å². The number of methoxy groups -OCH3 is 1. The van der Waals surface area contributed by atoms with E-state index in [1.807, 2.05) is 54.6 Å². The van der Waals surface area contributed by atoms with Crippen molar-refractivity contribution in [1.29, 1.82) is 0 Å². The third-order valence-electron chi connectivity index (χ3n) is 6.31. The Kier molecular flexibility index (Phi) is 6.99. The Bertz CT molecular complexity index is 1930. The van der Waals surface area contributed by atoms with Crippen LogP contribution in [-0.2, 0) is 6.61 Å². The molecule has 0 saturated carbocycles. The van der Waals surface area contributed by atoms with Crippen molar-refractivity contribution in [2.24, 2.45) is 5.10 Å². The van der Waals surface area contributed by atoms with Crippen LogP contribution in [0.2, 0.25) is 10.0 Å². The van der Waals surface area contributed by atoms with Crippen molar-refractivity contribution < 1.29 is 13.9 Å². The summed E-state index contributed by atoms with van der Waals surface area (Å²) in [7, 11) is 1.52. The van der Waals surface area contributed by atoms with Gasteiger partial charge in [0.1, 0.15) is 12.2 Å². The Morgan fingerprint density at radius 3 is 2.58 bits per heavy atom. The Hall–Kier alpha value is -4.59. The SMILES string of the molecule is COc1cc(Cl)cc(C=Nn2c(-c3cc4ccccc4o3)nc3ccccc3c2=O)c1OCc1ccccc1Cl. The van der Waals surface area contributed by atoms with Crippen molar-refractivity contribution in [3.63, 3.8) is 0 Å². The number of aromatic nitrogens is 2. The van der Waals surface area contributed by atoms with Gasteiger partial charge in [-0.2, -0.15) is 9.78 Å². The fourth-order valence-corrected chi connectivity index (χ4v) is 4.77. The second kappa shape index (κ2) is 10.9. The lowest BCUT2D eigenvalue weighted by molar-refractivity contribution is 0.284. The highest BCUT2D eigenvalue weighted by Crippen LogP contribution is 2.35. The van der Waals surface area contributed by atoms with Gasteiger partial charge in [-0.15, -0.1) is 0 Å². The molecule has 0 aliphatic rings. The van der Waals surface area contributed by atoms with Crippen LogP contribution in [0.4, 0.5) is 0 Å². The Morgan fingerprint density at radius 1 is 0.975 bits per heavy atom. The first-order valence-corrected chi connectivity index (χ1v) is 13.1. The monoisotopic (exact) mass is 569 g/mol. The lowest BCUT2D eigenvalue weighted by atomic mass is 10.2. The van der Waals surface area contributed by atoms with Crippen molar-refractivity contribution in [1.82, 2.24) is 9.66 Å². The third kappa shape index (κ3) is 4.93. The van der Waals surface area contributed by atoms with E-state index in [4.69, 9.17) is 42.1 Å². The summed E-state index contributed by atoms with van der Waals surface area (Å²) in [5.41, 5.74) is 2.14. The Labute approximate surface area is 238 Å². The van der Waals surface area contributed by atoms with Crippen LogP contribution in [-0.4, -0.2) is 23.0 Å². The zero-order valence-corrected chi connectivity index (χ0v) is 22.7. The van der Waals surface area contributed by atoms with Gasteiger partial charge in [0, 0.05) is 32.6 Å². The lowest BCUT2D eigenvalue weighted by Crippen LogP contribution is -2.20. The van der Waals surface area contributed by atoms with E-state index in [1.165, 1.54) is 18.0 Å². The van der Waals surface area contributed by atoms with Gasteiger partial charge in [-0.05, 0) is 36.4 Å². The van der Waals surface area contributed by atoms with Crippen LogP contribution in [0.15, 0.2) is 105 Å². The molecule has 0 bridgehead atoms. The molecular formula is C31H21Cl2N3O4. The summed E-state index contributed by atoms with van der Waals surface area (Å²) >= 11 is 12.7. The molecule has 40 heavy (non-hydrogen) atoms. The molecule has 198 valence electrons. The van der Waals surface area contributed by atoms with Crippen molar-refractivity contribution in [3.05, 3.63) is 123 Å². The highest BCUT2D eigenvalue weighted by atomic mass is 35.5. The van der Waals surface area contributed by atoms with Crippen LogP contribution >= 0.6 is 23.2 Å². The first kappa shape index (κ1) is 25.7. The molecule has 6 aromatic rings. The van der Waals surface area contributed by atoms with Crippen LogP contribution in [0.25, 0.3) is 33.5 Å². The summed E-state index contributed by atoms with van der Waals surface area (Å²) in [5, 5.41) is 6.84. The van der Waals surface area contributed by atoms with Gasteiger partial charge in [-0.25, -0.2) is 4.98 Å². The number of ether oxygens (including phenoxy) is 2. The van der Waals surface area contributed by atoms with Gasteiger partial charge in [0.15, 0.2) is 17.3 Å². The molecule has 0 N–H and O–H groups in total. The largest absolute Gasteiger partial charge is 0.493 e. The zero-order valence-electron chi connectivity index (χ0n) is 21.2. The van der Waals surface area contributed by atoms with Crippen molar-refractivity contribution in [2.75, 3.05) is 7.11 Å². The number of nitrogens with zero attached hydrogens (tertiary/aromatic N) is 3. The van der Waals surface area contributed by atoms with Gasteiger partial charge in [-0.1, -0.05) is 71.7 Å². The number of halogens is 2. The molecule has 0 aliphatic carbocycles. The second-order valence-electron chi connectivity index (χ2n) is 8.87. The maximum Gasteiger partial charge on any atom is 0.282 e. The molecule has 0 aliphatic heterocycles. The molecule has 0 radical (unpaired) electrons. The van der Waals surface area contributed by atoms with Crippen molar-refractivity contribution in [2.45, 2.75) is 6.61 Å². The smallest absolute Gasteiger partial charge is 0.282 e. The van der Waals surface area contributed by atoms with Gasteiger partial charge >= 0.3 is 0 Å². The quantitative estimate of drug-likeness (QED) is 0.185. The van der Waals surface area contributed by atoms with E-state index in [2.05, 4.69) is 5.10 Å². The van der Waals surface area contributed by atoms with E-state index in [9.17, 15) is 4.79 Å². The molecule has 9 heteroatoms. The van der Waals surface area contributed by atoms with Gasteiger partial charge in [0.05, 0.1) is 24.2 Å². The minimum Gasteiger partial charge on any atom is -0.493 e. The summed E-state index contributed by atoms with van der Waals surface area (Å²) < 4.78 is 19.0. The molecule has 2 aromatic heterocycles. The fourth-order valence-electron chi connectivity index (χ4n) is 4.36.